The maximum Gasteiger partial charge on any atom is 0.152 e. The van der Waals surface area contributed by atoms with Crippen LogP contribution in [0.2, 0.25) is 0 Å². The largest absolute Gasteiger partial charge is 0.380 e. The van der Waals surface area contributed by atoms with Gasteiger partial charge in [0.05, 0.1) is 12.3 Å². The summed E-state index contributed by atoms with van der Waals surface area (Å²) in [4.78, 5) is 2.05. The number of hydrogen-bond acceptors (Lipinski definition) is 2. The van der Waals surface area contributed by atoms with Crippen LogP contribution in [0.5, 0.6) is 0 Å². The van der Waals surface area contributed by atoms with Gasteiger partial charge in [0.1, 0.15) is 0 Å². The first-order valence-electron chi connectivity index (χ1n) is 5.49. The molecule has 0 aliphatic carbocycles. The molecule has 0 amide bonds. The summed E-state index contributed by atoms with van der Waals surface area (Å²) >= 11 is 0. The first-order valence-corrected chi connectivity index (χ1v) is 5.49. The Morgan fingerprint density at radius 1 is 1.35 bits per heavy atom. The Balaban J connectivity index is 0.00000144. The molecule has 0 N–H and O–H groups in total. The lowest BCUT2D eigenvalue weighted by atomic mass is 10.1. The molecule has 0 aromatic heterocycles. The highest BCUT2D eigenvalue weighted by molar-refractivity contribution is 5.85. The number of anilines is 1. The zero-order valence-corrected chi connectivity index (χ0v) is 10.7. The molecule has 0 unspecified atom stereocenters. The molecule has 0 fully saturated rings. The van der Waals surface area contributed by atoms with Crippen molar-refractivity contribution in [2.45, 2.75) is 13.0 Å². The van der Waals surface area contributed by atoms with Crippen molar-refractivity contribution in [3.63, 3.8) is 0 Å². The number of halogens is 2. The Morgan fingerprint density at radius 2 is 2.18 bits per heavy atom. The lowest BCUT2D eigenvalue weighted by Gasteiger charge is -2.26. The lowest BCUT2D eigenvalue weighted by molar-refractivity contribution is 0.181. The van der Waals surface area contributed by atoms with Gasteiger partial charge in [-0.3, -0.25) is 0 Å². The van der Waals surface area contributed by atoms with Crippen LogP contribution in [0.4, 0.5) is 10.1 Å². The van der Waals surface area contributed by atoms with Crippen molar-refractivity contribution < 1.29 is 9.13 Å². The van der Waals surface area contributed by atoms with E-state index in [1.54, 1.807) is 13.2 Å². The number of ether oxygens (including phenoxy) is 1. The fourth-order valence-corrected chi connectivity index (χ4v) is 1.94. The van der Waals surface area contributed by atoms with Crippen molar-refractivity contribution in [1.29, 1.82) is 0 Å². The Bertz CT molecular complexity index is 395. The van der Waals surface area contributed by atoms with Crippen LogP contribution in [0.15, 0.2) is 30.4 Å². The van der Waals surface area contributed by atoms with Crippen LogP contribution in [-0.2, 0) is 11.3 Å². The fourth-order valence-electron chi connectivity index (χ4n) is 1.94. The van der Waals surface area contributed by atoms with Gasteiger partial charge in [0.2, 0.25) is 0 Å². The molecule has 2 nitrogen and oxygen atoms in total. The maximum atomic E-state index is 14.1. The quantitative estimate of drug-likeness (QED) is 0.772. The second kappa shape index (κ2) is 6.62. The van der Waals surface area contributed by atoms with E-state index >= 15 is 0 Å². The molecule has 17 heavy (non-hydrogen) atoms. The van der Waals surface area contributed by atoms with E-state index < -0.39 is 0 Å². The summed E-state index contributed by atoms with van der Waals surface area (Å²) in [6.07, 6.45) is 5.19. The minimum atomic E-state index is -0.153. The first kappa shape index (κ1) is 14.0. The van der Waals surface area contributed by atoms with Crippen LogP contribution < -0.4 is 4.90 Å². The minimum Gasteiger partial charge on any atom is -0.380 e. The molecule has 0 bridgehead atoms. The van der Waals surface area contributed by atoms with Crippen molar-refractivity contribution in [2.75, 3.05) is 25.1 Å². The Morgan fingerprint density at radius 3 is 2.82 bits per heavy atom. The van der Waals surface area contributed by atoms with Crippen LogP contribution in [0.3, 0.4) is 0 Å². The SMILES string of the molecule is COCc1cccc(N2CC=CCC2)c1F.Cl. The molecule has 1 aromatic carbocycles. The fraction of sp³-hybridized carbons (Fsp3) is 0.385. The predicted molar refractivity (Wildman–Crippen MR) is 70.3 cm³/mol. The van der Waals surface area contributed by atoms with Gasteiger partial charge in [-0.15, -0.1) is 12.4 Å². The van der Waals surface area contributed by atoms with Crippen LogP contribution >= 0.6 is 12.4 Å². The van der Waals surface area contributed by atoms with Crippen molar-refractivity contribution in [3.05, 3.63) is 41.7 Å². The summed E-state index contributed by atoms with van der Waals surface area (Å²) in [5.41, 5.74) is 1.30. The standard InChI is InChI=1S/C13H16FNO.ClH/c1-16-10-11-6-5-7-12(13(11)14)15-8-3-2-4-9-15;/h2-3,5-7H,4,8-10H2,1H3;1H. The highest BCUT2D eigenvalue weighted by Gasteiger charge is 2.14. The summed E-state index contributed by atoms with van der Waals surface area (Å²) in [6, 6.07) is 5.47. The molecule has 0 saturated heterocycles. The van der Waals surface area contributed by atoms with E-state index in [-0.39, 0.29) is 18.2 Å². The molecular weight excluding hydrogens is 241 g/mol. The van der Waals surface area contributed by atoms with Crippen molar-refractivity contribution in [2.24, 2.45) is 0 Å². The van der Waals surface area contributed by atoms with Gasteiger partial charge < -0.3 is 9.64 Å². The van der Waals surface area contributed by atoms with Crippen molar-refractivity contribution in [3.8, 4) is 0 Å². The van der Waals surface area contributed by atoms with E-state index in [2.05, 4.69) is 17.1 Å². The van der Waals surface area contributed by atoms with Gasteiger partial charge in [0, 0.05) is 25.8 Å². The van der Waals surface area contributed by atoms with Crippen LogP contribution in [0, 0.1) is 5.82 Å². The summed E-state index contributed by atoms with van der Waals surface area (Å²) in [7, 11) is 1.58. The molecule has 94 valence electrons. The van der Waals surface area contributed by atoms with E-state index in [9.17, 15) is 4.39 Å². The van der Waals surface area contributed by atoms with Crippen LogP contribution in [0.1, 0.15) is 12.0 Å². The average Bonchev–Trinajstić information content (AvgIpc) is 2.33. The zero-order valence-electron chi connectivity index (χ0n) is 9.86. The highest BCUT2D eigenvalue weighted by Crippen LogP contribution is 2.24. The van der Waals surface area contributed by atoms with Gasteiger partial charge in [-0.1, -0.05) is 24.3 Å². The zero-order chi connectivity index (χ0) is 11.4. The average molecular weight is 258 g/mol. The van der Waals surface area contributed by atoms with E-state index in [1.807, 2.05) is 12.1 Å². The Labute approximate surface area is 107 Å². The second-order valence-electron chi connectivity index (χ2n) is 3.89. The molecule has 2 rings (SSSR count). The van der Waals surface area contributed by atoms with E-state index in [4.69, 9.17) is 4.74 Å². The number of methoxy groups -OCH3 is 1. The maximum absolute atomic E-state index is 14.1. The first-order chi connectivity index (χ1) is 7.83. The third-order valence-corrected chi connectivity index (χ3v) is 2.76. The number of rotatable bonds is 3. The summed E-state index contributed by atoms with van der Waals surface area (Å²) in [5, 5.41) is 0. The van der Waals surface area contributed by atoms with Crippen molar-refractivity contribution in [1.82, 2.24) is 0 Å². The number of benzene rings is 1. The normalized spacial score (nSPS) is 14.6. The molecule has 0 spiro atoms. The minimum absolute atomic E-state index is 0. The van der Waals surface area contributed by atoms with Crippen LogP contribution in [-0.4, -0.2) is 20.2 Å². The Hall–Kier alpha value is -1.06. The number of nitrogens with zero attached hydrogens (tertiary/aromatic N) is 1. The summed E-state index contributed by atoms with van der Waals surface area (Å²) in [5.74, 6) is -0.153. The predicted octanol–water partition coefficient (Wildman–Crippen LogP) is 3.16. The smallest absolute Gasteiger partial charge is 0.152 e. The monoisotopic (exact) mass is 257 g/mol. The molecule has 4 heteroatoms. The van der Waals surface area contributed by atoms with Gasteiger partial charge >= 0.3 is 0 Å². The molecule has 1 aliphatic heterocycles. The van der Waals surface area contributed by atoms with E-state index in [0.29, 0.717) is 17.9 Å². The van der Waals surface area contributed by atoms with Gasteiger partial charge in [-0.25, -0.2) is 4.39 Å². The molecule has 1 heterocycles. The molecule has 0 atom stereocenters. The summed E-state index contributed by atoms with van der Waals surface area (Å²) < 4.78 is 19.1. The highest BCUT2D eigenvalue weighted by atomic mass is 35.5. The lowest BCUT2D eigenvalue weighted by Crippen LogP contribution is -2.27. The van der Waals surface area contributed by atoms with E-state index in [0.717, 1.165) is 19.5 Å². The van der Waals surface area contributed by atoms with Gasteiger partial charge in [-0.05, 0) is 12.5 Å². The molecule has 0 radical (unpaired) electrons. The Kier molecular flexibility index (Phi) is 5.45. The third kappa shape index (κ3) is 3.20. The number of hydrogen-bond donors (Lipinski definition) is 0. The second-order valence-corrected chi connectivity index (χ2v) is 3.89. The molecule has 0 saturated carbocycles. The molecular formula is C13H17ClFNO. The topological polar surface area (TPSA) is 12.5 Å². The molecule has 1 aromatic rings. The van der Waals surface area contributed by atoms with Gasteiger partial charge in [-0.2, -0.15) is 0 Å². The summed E-state index contributed by atoms with van der Waals surface area (Å²) in [6.45, 7) is 1.99. The van der Waals surface area contributed by atoms with Gasteiger partial charge in [0.15, 0.2) is 5.82 Å². The molecule has 1 aliphatic rings. The van der Waals surface area contributed by atoms with Crippen molar-refractivity contribution >= 4 is 18.1 Å². The third-order valence-electron chi connectivity index (χ3n) is 2.76. The van der Waals surface area contributed by atoms with Crippen LogP contribution in [0.25, 0.3) is 0 Å². The van der Waals surface area contributed by atoms with Gasteiger partial charge in [0.25, 0.3) is 0 Å². The van der Waals surface area contributed by atoms with E-state index in [1.165, 1.54) is 0 Å².